The van der Waals surface area contributed by atoms with Gasteiger partial charge in [0.05, 0.1) is 7.11 Å². The molecule has 1 aromatic heterocycles. The second-order valence-electron chi connectivity index (χ2n) is 8.11. The highest BCUT2D eigenvalue weighted by Gasteiger charge is 2.29. The first-order valence-corrected chi connectivity index (χ1v) is 10.6. The number of ether oxygens (including phenoxy) is 1. The lowest BCUT2D eigenvalue weighted by molar-refractivity contribution is -0.117. The van der Waals surface area contributed by atoms with Crippen molar-refractivity contribution in [2.24, 2.45) is 5.92 Å². The standard InChI is InChI=1S/C25H24N2O4/c1-30-21-10-6-18(7-11-21)25(29)27-13-12-22-19(15-27)14-23(31-22)16-4-8-20(9-5-16)26-24(28)17-2-3-17/h4-11,14,17H,2-3,12-13,15H2,1H3,(H,26,28). The molecule has 3 aromatic rings. The van der Waals surface area contributed by atoms with Crippen molar-refractivity contribution in [2.75, 3.05) is 19.0 Å². The van der Waals surface area contributed by atoms with Gasteiger partial charge in [0.25, 0.3) is 5.91 Å². The second kappa shape index (κ2) is 7.95. The van der Waals surface area contributed by atoms with Gasteiger partial charge in [-0.2, -0.15) is 0 Å². The number of anilines is 1. The zero-order valence-corrected chi connectivity index (χ0v) is 17.4. The summed E-state index contributed by atoms with van der Waals surface area (Å²) in [6, 6.07) is 16.9. The summed E-state index contributed by atoms with van der Waals surface area (Å²) in [5, 5.41) is 2.95. The van der Waals surface area contributed by atoms with E-state index >= 15 is 0 Å². The minimum absolute atomic E-state index is 0.00631. The van der Waals surface area contributed by atoms with Crippen LogP contribution >= 0.6 is 0 Å². The number of amides is 2. The fourth-order valence-electron chi connectivity index (χ4n) is 3.87. The molecule has 2 aliphatic rings. The average molecular weight is 416 g/mol. The molecule has 0 unspecified atom stereocenters. The number of hydrogen-bond donors (Lipinski definition) is 1. The number of carbonyl (C=O) groups is 2. The molecule has 2 heterocycles. The molecule has 1 fully saturated rings. The Bertz CT molecular complexity index is 1110. The first-order valence-electron chi connectivity index (χ1n) is 10.6. The van der Waals surface area contributed by atoms with Crippen molar-refractivity contribution < 1.29 is 18.7 Å². The molecule has 5 rings (SSSR count). The molecule has 1 aliphatic carbocycles. The highest BCUT2D eigenvalue weighted by molar-refractivity contribution is 5.95. The lowest BCUT2D eigenvalue weighted by Crippen LogP contribution is -2.35. The number of rotatable bonds is 5. The van der Waals surface area contributed by atoms with Crippen molar-refractivity contribution in [1.29, 1.82) is 0 Å². The predicted molar refractivity (Wildman–Crippen MR) is 117 cm³/mol. The van der Waals surface area contributed by atoms with E-state index in [9.17, 15) is 9.59 Å². The van der Waals surface area contributed by atoms with Crippen LogP contribution in [0.1, 0.15) is 34.5 Å². The van der Waals surface area contributed by atoms with E-state index < -0.39 is 0 Å². The quantitative estimate of drug-likeness (QED) is 0.665. The first kappa shape index (κ1) is 19.4. The molecule has 1 saturated carbocycles. The smallest absolute Gasteiger partial charge is 0.254 e. The Kier molecular flexibility index (Phi) is 4.98. The van der Waals surface area contributed by atoms with E-state index in [1.54, 1.807) is 31.4 Å². The first-order chi connectivity index (χ1) is 15.1. The van der Waals surface area contributed by atoms with E-state index in [4.69, 9.17) is 9.15 Å². The number of hydrogen-bond acceptors (Lipinski definition) is 4. The van der Waals surface area contributed by atoms with Gasteiger partial charge in [-0.3, -0.25) is 9.59 Å². The Morgan fingerprint density at radius 2 is 1.81 bits per heavy atom. The van der Waals surface area contributed by atoms with Gasteiger partial charge >= 0.3 is 0 Å². The van der Waals surface area contributed by atoms with Gasteiger partial charge < -0.3 is 19.4 Å². The second-order valence-corrected chi connectivity index (χ2v) is 8.11. The van der Waals surface area contributed by atoms with Crippen LogP contribution in [0.2, 0.25) is 0 Å². The lowest BCUT2D eigenvalue weighted by atomic mass is 10.1. The molecule has 158 valence electrons. The van der Waals surface area contributed by atoms with Crippen LogP contribution in [0.25, 0.3) is 11.3 Å². The molecule has 0 atom stereocenters. The van der Waals surface area contributed by atoms with Crippen molar-refractivity contribution in [3.8, 4) is 17.1 Å². The Morgan fingerprint density at radius 3 is 2.48 bits per heavy atom. The van der Waals surface area contributed by atoms with Crippen molar-refractivity contribution >= 4 is 17.5 Å². The van der Waals surface area contributed by atoms with E-state index in [1.807, 2.05) is 35.2 Å². The van der Waals surface area contributed by atoms with Crippen LogP contribution in [-0.4, -0.2) is 30.4 Å². The minimum atomic E-state index is 0.00631. The molecule has 6 nitrogen and oxygen atoms in total. The van der Waals surface area contributed by atoms with Crippen molar-refractivity contribution in [3.63, 3.8) is 0 Å². The average Bonchev–Trinajstić information content (AvgIpc) is 3.58. The Hall–Kier alpha value is -3.54. The van der Waals surface area contributed by atoms with Gasteiger partial charge in [0.2, 0.25) is 5.91 Å². The van der Waals surface area contributed by atoms with Crippen molar-refractivity contribution in [1.82, 2.24) is 4.90 Å². The maximum atomic E-state index is 12.9. The van der Waals surface area contributed by atoms with Crippen LogP contribution in [0.3, 0.4) is 0 Å². The molecule has 2 aromatic carbocycles. The zero-order chi connectivity index (χ0) is 21.4. The van der Waals surface area contributed by atoms with E-state index in [1.165, 1.54) is 0 Å². The summed E-state index contributed by atoms with van der Waals surface area (Å²) in [5.41, 5.74) is 3.44. The van der Waals surface area contributed by atoms with Crippen LogP contribution in [0.4, 0.5) is 5.69 Å². The molecule has 1 N–H and O–H groups in total. The normalized spacial score (nSPS) is 15.3. The fourth-order valence-corrected chi connectivity index (χ4v) is 3.87. The summed E-state index contributed by atoms with van der Waals surface area (Å²) in [5.74, 6) is 2.73. The lowest BCUT2D eigenvalue weighted by Gasteiger charge is -2.26. The number of benzene rings is 2. The number of carbonyl (C=O) groups excluding carboxylic acids is 2. The molecular weight excluding hydrogens is 392 g/mol. The van der Waals surface area contributed by atoms with Gasteiger partial charge in [-0.05, 0) is 67.4 Å². The third kappa shape index (κ3) is 4.06. The van der Waals surface area contributed by atoms with Gasteiger partial charge in [0, 0.05) is 47.8 Å². The number of nitrogens with one attached hydrogen (secondary N) is 1. The number of furan rings is 1. The van der Waals surface area contributed by atoms with Crippen LogP contribution in [-0.2, 0) is 17.8 Å². The zero-order valence-electron chi connectivity index (χ0n) is 17.4. The van der Waals surface area contributed by atoms with Gasteiger partial charge in [0.1, 0.15) is 17.3 Å². The fraction of sp³-hybridized carbons (Fsp3) is 0.280. The largest absolute Gasteiger partial charge is 0.497 e. The molecule has 31 heavy (non-hydrogen) atoms. The highest BCUT2D eigenvalue weighted by Crippen LogP contribution is 2.32. The van der Waals surface area contributed by atoms with E-state index in [0.717, 1.165) is 46.9 Å². The third-order valence-corrected chi connectivity index (χ3v) is 5.88. The van der Waals surface area contributed by atoms with Crippen molar-refractivity contribution in [2.45, 2.75) is 25.8 Å². The predicted octanol–water partition coefficient (Wildman–Crippen LogP) is 4.50. The van der Waals surface area contributed by atoms with E-state index in [0.29, 0.717) is 25.1 Å². The maximum Gasteiger partial charge on any atom is 0.254 e. The molecule has 2 amide bonds. The Labute approximate surface area is 180 Å². The number of fused-ring (bicyclic) bond motifs is 1. The molecule has 0 bridgehead atoms. The third-order valence-electron chi connectivity index (χ3n) is 5.88. The van der Waals surface area contributed by atoms with Crippen LogP contribution < -0.4 is 10.1 Å². The molecular formula is C25H24N2O4. The number of nitrogens with zero attached hydrogens (tertiary/aromatic N) is 1. The van der Waals surface area contributed by atoms with E-state index in [2.05, 4.69) is 5.32 Å². The molecule has 0 spiro atoms. The van der Waals surface area contributed by atoms with Gasteiger partial charge in [-0.25, -0.2) is 0 Å². The van der Waals surface area contributed by atoms with Gasteiger partial charge in [-0.15, -0.1) is 0 Å². The van der Waals surface area contributed by atoms with E-state index in [-0.39, 0.29) is 17.7 Å². The van der Waals surface area contributed by atoms with Crippen LogP contribution in [0, 0.1) is 5.92 Å². The summed E-state index contributed by atoms with van der Waals surface area (Å²) in [7, 11) is 1.61. The topological polar surface area (TPSA) is 71.8 Å². The summed E-state index contributed by atoms with van der Waals surface area (Å²) in [6.07, 6.45) is 2.66. The molecule has 1 aliphatic heterocycles. The summed E-state index contributed by atoms with van der Waals surface area (Å²) >= 11 is 0. The SMILES string of the molecule is COc1ccc(C(=O)N2CCc3oc(-c4ccc(NC(=O)C5CC5)cc4)cc3C2)cc1. The summed E-state index contributed by atoms with van der Waals surface area (Å²) < 4.78 is 11.3. The Morgan fingerprint density at radius 1 is 1.06 bits per heavy atom. The minimum Gasteiger partial charge on any atom is -0.497 e. The van der Waals surface area contributed by atoms with Gasteiger partial charge in [0.15, 0.2) is 0 Å². The summed E-state index contributed by atoms with van der Waals surface area (Å²) in [6.45, 7) is 1.15. The summed E-state index contributed by atoms with van der Waals surface area (Å²) in [4.78, 5) is 26.6. The maximum absolute atomic E-state index is 12.9. The number of methoxy groups -OCH3 is 1. The molecule has 0 saturated heterocycles. The monoisotopic (exact) mass is 416 g/mol. The highest BCUT2D eigenvalue weighted by atomic mass is 16.5. The van der Waals surface area contributed by atoms with Gasteiger partial charge in [-0.1, -0.05) is 0 Å². The Balaban J connectivity index is 1.28. The van der Waals surface area contributed by atoms with Crippen molar-refractivity contribution in [3.05, 3.63) is 71.5 Å². The molecule has 6 heteroatoms. The molecule has 0 radical (unpaired) electrons. The van der Waals surface area contributed by atoms with Crippen LogP contribution in [0.15, 0.2) is 59.0 Å². The van der Waals surface area contributed by atoms with Crippen LogP contribution in [0.5, 0.6) is 5.75 Å².